The Kier molecular flexibility index (Phi) is 8.52. The van der Waals surface area contributed by atoms with Gasteiger partial charge in [0.15, 0.2) is 5.60 Å². The monoisotopic (exact) mass is 601 g/mol. The molecule has 7 nitrogen and oxygen atoms in total. The third-order valence-corrected chi connectivity index (χ3v) is 8.33. The number of rotatable bonds is 9. The van der Waals surface area contributed by atoms with Crippen molar-refractivity contribution in [2.45, 2.75) is 31.0 Å². The highest BCUT2D eigenvalue weighted by molar-refractivity contribution is 5.82. The number of hydrogen-bond donors (Lipinski definition) is 1. The van der Waals surface area contributed by atoms with Crippen LogP contribution < -0.4 is 10.2 Å². The van der Waals surface area contributed by atoms with E-state index >= 15 is 0 Å². The van der Waals surface area contributed by atoms with Gasteiger partial charge in [-0.3, -0.25) is 9.88 Å². The predicted molar refractivity (Wildman–Crippen MR) is 163 cm³/mol. The number of nitrogens with one attached hydrogen (secondary N) is 1. The fourth-order valence-electron chi connectivity index (χ4n) is 6.25. The molecule has 0 bridgehead atoms. The standard InChI is InChI=1S/C34H34F3N5O2/c35-34(36,37)24-39-32(43)44-33(27-12-3-1-10-25(27)26-11-2-4-13-28(26)33)17-6-8-19-41-20-22-42(23-21-41)31-16-9-15-30(40-31)29-14-5-7-18-38-29/h1-5,7,9-16,18H,6,8,17,19-24H2,(H,39,43). The molecule has 2 aromatic heterocycles. The summed E-state index contributed by atoms with van der Waals surface area (Å²) >= 11 is 0. The molecule has 1 aliphatic heterocycles. The van der Waals surface area contributed by atoms with Crippen LogP contribution in [0, 0.1) is 0 Å². The van der Waals surface area contributed by atoms with Gasteiger partial charge in [-0.1, -0.05) is 60.7 Å². The lowest BCUT2D eigenvalue weighted by Gasteiger charge is -2.36. The molecule has 0 saturated carbocycles. The highest BCUT2D eigenvalue weighted by Crippen LogP contribution is 2.52. The van der Waals surface area contributed by atoms with Gasteiger partial charge in [0.05, 0.1) is 11.4 Å². The van der Waals surface area contributed by atoms with Gasteiger partial charge in [-0.25, -0.2) is 9.78 Å². The second kappa shape index (κ2) is 12.7. The summed E-state index contributed by atoms with van der Waals surface area (Å²) in [6, 6.07) is 27.1. The van der Waals surface area contributed by atoms with Crippen molar-refractivity contribution in [1.82, 2.24) is 20.2 Å². The number of carbonyl (C=O) groups excluding carboxylic acids is 1. The third kappa shape index (κ3) is 6.40. The van der Waals surface area contributed by atoms with E-state index in [0.717, 1.165) is 85.0 Å². The number of fused-ring (bicyclic) bond motifs is 3. The summed E-state index contributed by atoms with van der Waals surface area (Å²) in [7, 11) is 0. The number of nitrogens with zero attached hydrogens (tertiary/aromatic N) is 4. The van der Waals surface area contributed by atoms with Gasteiger partial charge >= 0.3 is 12.3 Å². The fourth-order valence-corrected chi connectivity index (χ4v) is 6.25. The Labute approximate surface area is 254 Å². The molecule has 6 rings (SSSR count). The van der Waals surface area contributed by atoms with Crippen LogP contribution in [0.1, 0.15) is 30.4 Å². The topological polar surface area (TPSA) is 70.6 Å². The lowest BCUT2D eigenvalue weighted by atomic mass is 9.86. The summed E-state index contributed by atoms with van der Waals surface area (Å²) in [5.74, 6) is 0.939. The van der Waals surface area contributed by atoms with Crippen molar-refractivity contribution in [3.05, 3.63) is 102 Å². The number of amides is 1. The van der Waals surface area contributed by atoms with E-state index in [1.165, 1.54) is 0 Å². The number of benzene rings is 2. The van der Waals surface area contributed by atoms with Gasteiger partial charge in [-0.05, 0) is 61.2 Å². The van der Waals surface area contributed by atoms with Crippen molar-refractivity contribution in [1.29, 1.82) is 0 Å². The summed E-state index contributed by atoms with van der Waals surface area (Å²) in [5, 5.41) is 1.90. The van der Waals surface area contributed by atoms with Crippen molar-refractivity contribution < 1.29 is 22.7 Å². The molecule has 1 fully saturated rings. The summed E-state index contributed by atoms with van der Waals surface area (Å²) in [5.41, 5.74) is 4.01. The molecule has 228 valence electrons. The fraction of sp³-hybridized carbons (Fsp3) is 0.324. The van der Waals surface area contributed by atoms with E-state index in [9.17, 15) is 18.0 Å². The first-order chi connectivity index (χ1) is 21.3. The minimum atomic E-state index is -4.53. The lowest BCUT2D eigenvalue weighted by molar-refractivity contribution is -0.124. The van der Waals surface area contributed by atoms with Gasteiger partial charge in [0.2, 0.25) is 0 Å². The maximum atomic E-state index is 12.9. The normalized spacial score (nSPS) is 15.8. The zero-order chi connectivity index (χ0) is 30.6. The van der Waals surface area contributed by atoms with Gasteiger partial charge < -0.3 is 15.0 Å². The third-order valence-electron chi connectivity index (χ3n) is 8.33. The first-order valence-electron chi connectivity index (χ1n) is 14.9. The van der Waals surface area contributed by atoms with Crippen LogP contribution in [-0.4, -0.2) is 66.4 Å². The Hall–Kier alpha value is -4.44. The summed E-state index contributed by atoms with van der Waals surface area (Å²) < 4.78 is 44.5. The van der Waals surface area contributed by atoms with Crippen LogP contribution >= 0.6 is 0 Å². The molecule has 3 heterocycles. The van der Waals surface area contributed by atoms with E-state index in [-0.39, 0.29) is 0 Å². The van der Waals surface area contributed by atoms with Gasteiger partial charge in [-0.2, -0.15) is 13.2 Å². The number of halogens is 3. The first-order valence-corrected chi connectivity index (χ1v) is 14.9. The molecule has 0 spiro atoms. The maximum Gasteiger partial charge on any atom is 0.408 e. The molecule has 1 aliphatic carbocycles. The van der Waals surface area contributed by atoms with Crippen molar-refractivity contribution in [2.75, 3.05) is 44.2 Å². The SMILES string of the molecule is O=C(NCC(F)(F)F)OC1(CCCCN2CCN(c3cccc(-c4ccccn4)n3)CC2)c2ccccc2-c2ccccc21. The summed E-state index contributed by atoms with van der Waals surface area (Å²) in [6.07, 6.45) is -1.80. The smallest absolute Gasteiger partial charge is 0.408 e. The molecule has 2 aliphatic rings. The average molecular weight is 602 g/mol. The second-order valence-corrected chi connectivity index (χ2v) is 11.2. The van der Waals surface area contributed by atoms with E-state index in [1.807, 2.05) is 90.2 Å². The van der Waals surface area contributed by atoms with Gasteiger partial charge in [0.25, 0.3) is 0 Å². The van der Waals surface area contributed by atoms with E-state index in [2.05, 4.69) is 14.8 Å². The molecule has 1 saturated heterocycles. The van der Waals surface area contributed by atoms with Crippen LogP contribution in [0.5, 0.6) is 0 Å². The zero-order valence-electron chi connectivity index (χ0n) is 24.3. The summed E-state index contributed by atoms with van der Waals surface area (Å²) in [4.78, 5) is 26.7. The van der Waals surface area contributed by atoms with Crippen LogP contribution in [0.25, 0.3) is 22.5 Å². The average Bonchev–Trinajstić information content (AvgIpc) is 3.32. The molecule has 44 heavy (non-hydrogen) atoms. The minimum Gasteiger partial charge on any atom is -0.433 e. The van der Waals surface area contributed by atoms with Crippen molar-refractivity contribution >= 4 is 11.9 Å². The first kappa shape index (κ1) is 29.6. The molecule has 0 radical (unpaired) electrons. The number of aromatic nitrogens is 2. The van der Waals surface area contributed by atoms with Crippen molar-refractivity contribution in [3.8, 4) is 22.5 Å². The summed E-state index contributed by atoms with van der Waals surface area (Å²) in [6.45, 7) is 2.91. The van der Waals surface area contributed by atoms with Crippen molar-refractivity contribution in [2.24, 2.45) is 0 Å². The predicted octanol–water partition coefficient (Wildman–Crippen LogP) is 6.65. The molecule has 0 unspecified atom stereocenters. The van der Waals surface area contributed by atoms with Gasteiger partial charge in [0, 0.05) is 43.5 Å². The number of carbonyl (C=O) groups is 1. The highest BCUT2D eigenvalue weighted by atomic mass is 19.4. The van der Waals surface area contributed by atoms with Crippen molar-refractivity contribution in [3.63, 3.8) is 0 Å². The Morgan fingerprint density at radius 3 is 2.14 bits per heavy atom. The van der Waals surface area contributed by atoms with Crippen LogP contribution in [-0.2, 0) is 10.3 Å². The maximum absolute atomic E-state index is 12.9. The van der Waals surface area contributed by atoms with Crippen LogP contribution in [0.4, 0.5) is 23.8 Å². The molecule has 4 aromatic rings. The second-order valence-electron chi connectivity index (χ2n) is 11.2. The Bertz CT molecular complexity index is 1540. The number of hydrogen-bond acceptors (Lipinski definition) is 6. The number of anilines is 1. The largest absolute Gasteiger partial charge is 0.433 e. The Morgan fingerprint density at radius 2 is 1.48 bits per heavy atom. The molecule has 2 aromatic carbocycles. The highest BCUT2D eigenvalue weighted by Gasteiger charge is 2.46. The van der Waals surface area contributed by atoms with Crippen LogP contribution in [0.15, 0.2) is 91.1 Å². The van der Waals surface area contributed by atoms with E-state index in [0.29, 0.717) is 6.42 Å². The van der Waals surface area contributed by atoms with E-state index in [4.69, 9.17) is 9.72 Å². The quantitative estimate of drug-likeness (QED) is 0.217. The lowest BCUT2D eigenvalue weighted by Crippen LogP contribution is -2.47. The number of unbranched alkanes of at least 4 members (excludes halogenated alkanes) is 1. The molecule has 1 N–H and O–H groups in total. The number of pyridine rings is 2. The zero-order valence-corrected chi connectivity index (χ0v) is 24.3. The number of alkyl halides is 3. The molecule has 10 heteroatoms. The van der Waals surface area contributed by atoms with Crippen LogP contribution in [0.3, 0.4) is 0 Å². The van der Waals surface area contributed by atoms with E-state index in [1.54, 1.807) is 6.20 Å². The molecule has 1 amide bonds. The van der Waals surface area contributed by atoms with Gasteiger partial charge in [0.1, 0.15) is 12.4 Å². The van der Waals surface area contributed by atoms with Gasteiger partial charge in [-0.15, -0.1) is 0 Å². The van der Waals surface area contributed by atoms with E-state index < -0.39 is 24.4 Å². The number of alkyl carbamates (subject to hydrolysis) is 1. The molecular weight excluding hydrogens is 567 g/mol. The Balaban J connectivity index is 1.09. The minimum absolute atomic E-state index is 0.463. The Morgan fingerprint density at radius 1 is 0.818 bits per heavy atom. The van der Waals surface area contributed by atoms with Crippen LogP contribution in [0.2, 0.25) is 0 Å². The molecule has 0 atom stereocenters. The molecular formula is C34H34F3N5O2. The number of piperazine rings is 1. The number of ether oxygens (including phenoxy) is 1.